The van der Waals surface area contributed by atoms with Gasteiger partial charge in [0, 0.05) is 56.4 Å². The number of benzene rings is 2. The molecule has 1 aliphatic rings. The molecule has 142 valence electrons. The monoisotopic (exact) mass is 373 g/mol. The van der Waals surface area contributed by atoms with Crippen molar-refractivity contribution in [3.63, 3.8) is 0 Å². The molecule has 0 fully saturated rings. The van der Waals surface area contributed by atoms with Crippen LogP contribution < -0.4 is 10.2 Å². The zero-order valence-electron chi connectivity index (χ0n) is 16.3. The van der Waals surface area contributed by atoms with Crippen LogP contribution in [0.1, 0.15) is 21.5 Å². The summed E-state index contributed by atoms with van der Waals surface area (Å²) in [4.78, 5) is 16.7. The first-order valence-corrected chi connectivity index (χ1v) is 8.94. The number of fused-ring (bicyclic) bond motifs is 1. The van der Waals surface area contributed by atoms with Crippen molar-refractivity contribution in [2.24, 2.45) is 0 Å². The third-order valence-electron chi connectivity index (χ3n) is 4.95. The van der Waals surface area contributed by atoms with Gasteiger partial charge in [-0.15, -0.1) is 0 Å². The highest BCUT2D eigenvalue weighted by Gasteiger charge is 2.33. The molecule has 0 saturated carbocycles. The summed E-state index contributed by atoms with van der Waals surface area (Å²) < 4.78 is 0. The first kappa shape index (κ1) is 19.2. The van der Waals surface area contributed by atoms with Crippen molar-refractivity contribution in [2.75, 3.05) is 37.9 Å². The maximum absolute atomic E-state index is 13.1. The summed E-state index contributed by atoms with van der Waals surface area (Å²) in [6, 6.07) is 11.9. The molecule has 0 bridgehead atoms. The average Bonchev–Trinajstić information content (AvgIpc) is 3.02. The Bertz CT molecular complexity index is 1020. The molecule has 0 saturated heterocycles. The highest BCUT2D eigenvalue weighted by molar-refractivity contribution is 6.06. The number of anilines is 2. The maximum Gasteiger partial charge on any atom is 0.256 e. The van der Waals surface area contributed by atoms with Gasteiger partial charge in [-0.1, -0.05) is 24.8 Å². The summed E-state index contributed by atoms with van der Waals surface area (Å²) in [6.07, 6.45) is 1.31. The lowest BCUT2D eigenvalue weighted by Gasteiger charge is -2.18. The number of nitrogens with one attached hydrogen (secondary N) is 2. The van der Waals surface area contributed by atoms with Crippen molar-refractivity contribution < 1.29 is 4.79 Å². The number of carbonyl (C=O) groups is 1. The standard InChI is InChI=1S/C22H23N5O/c1-14(10-23)12-27-13-18-17(7-8-20(26(3)4)21(18)22(27)28)15-5-6-16(11-24)19(9-15)25-2/h5-9,11,24-25H,1,12-13H2,2-4H3. The normalized spacial score (nSPS) is 12.4. The van der Waals surface area contributed by atoms with Crippen LogP contribution in [0.25, 0.3) is 11.1 Å². The van der Waals surface area contributed by atoms with Gasteiger partial charge >= 0.3 is 0 Å². The molecule has 0 aromatic heterocycles. The molecule has 1 heterocycles. The summed E-state index contributed by atoms with van der Waals surface area (Å²) >= 11 is 0. The number of carbonyl (C=O) groups excluding carboxylic acids is 1. The third kappa shape index (κ3) is 3.23. The molecule has 2 aromatic carbocycles. The van der Waals surface area contributed by atoms with Crippen molar-refractivity contribution >= 4 is 23.5 Å². The lowest BCUT2D eigenvalue weighted by molar-refractivity contribution is 0.0794. The number of hydrogen-bond donors (Lipinski definition) is 2. The second kappa shape index (κ2) is 7.57. The van der Waals surface area contributed by atoms with E-state index >= 15 is 0 Å². The first-order chi connectivity index (χ1) is 13.4. The van der Waals surface area contributed by atoms with E-state index in [4.69, 9.17) is 10.7 Å². The fourth-order valence-electron chi connectivity index (χ4n) is 3.56. The van der Waals surface area contributed by atoms with Crippen LogP contribution in [0.5, 0.6) is 0 Å². The van der Waals surface area contributed by atoms with Crippen LogP contribution in [0.15, 0.2) is 42.5 Å². The molecule has 0 atom stereocenters. The quantitative estimate of drug-likeness (QED) is 0.600. The summed E-state index contributed by atoms with van der Waals surface area (Å²) in [5, 5.41) is 19.7. The van der Waals surface area contributed by atoms with E-state index in [1.807, 2.05) is 62.4 Å². The number of rotatable bonds is 6. The highest BCUT2D eigenvalue weighted by Crippen LogP contribution is 2.39. The van der Waals surface area contributed by atoms with Crippen molar-refractivity contribution in [2.45, 2.75) is 6.54 Å². The molecule has 0 unspecified atom stereocenters. The van der Waals surface area contributed by atoms with E-state index in [0.29, 0.717) is 17.7 Å². The molecule has 1 amide bonds. The number of amides is 1. The largest absolute Gasteiger partial charge is 0.388 e. The van der Waals surface area contributed by atoms with Crippen LogP contribution in [-0.4, -0.2) is 44.7 Å². The molecule has 1 aliphatic heterocycles. The minimum absolute atomic E-state index is 0.0816. The van der Waals surface area contributed by atoms with Crippen molar-refractivity contribution in [3.05, 3.63) is 59.2 Å². The Balaban J connectivity index is 2.15. The molecular formula is C22H23N5O. The van der Waals surface area contributed by atoms with Crippen LogP contribution in [0.2, 0.25) is 0 Å². The Labute approximate surface area is 165 Å². The molecule has 6 nitrogen and oxygen atoms in total. The fraction of sp³-hybridized carbons (Fsp3) is 0.227. The van der Waals surface area contributed by atoms with E-state index in [1.54, 1.807) is 4.90 Å². The van der Waals surface area contributed by atoms with E-state index in [9.17, 15) is 4.79 Å². The molecule has 6 heteroatoms. The average molecular weight is 373 g/mol. The second-order valence-corrected chi connectivity index (χ2v) is 6.95. The van der Waals surface area contributed by atoms with Gasteiger partial charge in [-0.2, -0.15) is 5.26 Å². The Morgan fingerprint density at radius 3 is 2.75 bits per heavy atom. The van der Waals surface area contributed by atoms with E-state index in [1.165, 1.54) is 6.21 Å². The van der Waals surface area contributed by atoms with E-state index < -0.39 is 0 Å². The molecule has 2 aromatic rings. The molecule has 0 spiro atoms. The smallest absolute Gasteiger partial charge is 0.256 e. The zero-order chi connectivity index (χ0) is 20.4. The van der Waals surface area contributed by atoms with Crippen LogP contribution in [0.4, 0.5) is 11.4 Å². The van der Waals surface area contributed by atoms with Crippen LogP contribution in [0.3, 0.4) is 0 Å². The first-order valence-electron chi connectivity index (χ1n) is 8.94. The lowest BCUT2D eigenvalue weighted by atomic mass is 9.94. The van der Waals surface area contributed by atoms with Crippen molar-refractivity contribution in [1.82, 2.24) is 4.90 Å². The molecule has 3 rings (SSSR count). The summed E-state index contributed by atoms with van der Waals surface area (Å²) in [5.41, 5.74) is 6.47. The molecule has 2 N–H and O–H groups in total. The van der Waals surface area contributed by atoms with Crippen LogP contribution in [-0.2, 0) is 6.54 Å². The van der Waals surface area contributed by atoms with Gasteiger partial charge in [0.25, 0.3) is 5.91 Å². The lowest BCUT2D eigenvalue weighted by Crippen LogP contribution is -2.26. The SMILES string of the molecule is C=C(C#N)CN1Cc2c(-c3ccc(C=N)c(NC)c3)ccc(N(C)C)c2C1=O. The summed E-state index contributed by atoms with van der Waals surface area (Å²) in [6.45, 7) is 4.38. The number of hydrogen-bond acceptors (Lipinski definition) is 5. The van der Waals surface area contributed by atoms with Gasteiger partial charge in [0.05, 0.1) is 18.2 Å². The van der Waals surface area contributed by atoms with Crippen molar-refractivity contribution in [1.29, 1.82) is 10.7 Å². The Hall–Kier alpha value is -3.59. The fourth-order valence-corrected chi connectivity index (χ4v) is 3.56. The summed E-state index contributed by atoms with van der Waals surface area (Å²) in [5.74, 6) is -0.0816. The van der Waals surface area contributed by atoms with Crippen LogP contribution >= 0.6 is 0 Å². The molecular weight excluding hydrogens is 350 g/mol. The predicted octanol–water partition coefficient (Wildman–Crippen LogP) is 3.49. The topological polar surface area (TPSA) is 83.2 Å². The van der Waals surface area contributed by atoms with Gasteiger partial charge in [0.2, 0.25) is 0 Å². The predicted molar refractivity (Wildman–Crippen MR) is 113 cm³/mol. The van der Waals surface area contributed by atoms with Crippen molar-refractivity contribution in [3.8, 4) is 17.2 Å². The van der Waals surface area contributed by atoms with E-state index in [0.717, 1.165) is 33.6 Å². The van der Waals surface area contributed by atoms with Gasteiger partial charge in [0.15, 0.2) is 0 Å². The van der Waals surface area contributed by atoms with E-state index in [2.05, 4.69) is 11.9 Å². The number of nitrogens with zero attached hydrogens (tertiary/aromatic N) is 3. The van der Waals surface area contributed by atoms with Gasteiger partial charge in [-0.3, -0.25) is 4.79 Å². The Morgan fingerprint density at radius 2 is 2.14 bits per heavy atom. The van der Waals surface area contributed by atoms with Gasteiger partial charge in [0.1, 0.15) is 0 Å². The Morgan fingerprint density at radius 1 is 1.39 bits per heavy atom. The minimum Gasteiger partial charge on any atom is -0.388 e. The van der Waals surface area contributed by atoms with E-state index in [-0.39, 0.29) is 12.5 Å². The second-order valence-electron chi connectivity index (χ2n) is 6.95. The minimum atomic E-state index is -0.0816. The van der Waals surface area contributed by atoms with Gasteiger partial charge in [-0.25, -0.2) is 0 Å². The van der Waals surface area contributed by atoms with Gasteiger partial charge in [-0.05, 0) is 28.8 Å². The molecule has 0 radical (unpaired) electrons. The zero-order valence-corrected chi connectivity index (χ0v) is 16.3. The maximum atomic E-state index is 13.1. The van der Waals surface area contributed by atoms with Gasteiger partial charge < -0.3 is 20.5 Å². The highest BCUT2D eigenvalue weighted by atomic mass is 16.2. The third-order valence-corrected chi connectivity index (χ3v) is 4.95. The summed E-state index contributed by atoms with van der Waals surface area (Å²) in [7, 11) is 5.65. The molecule has 0 aliphatic carbocycles. The number of nitriles is 1. The molecule has 28 heavy (non-hydrogen) atoms. The van der Waals surface area contributed by atoms with Crippen LogP contribution in [0, 0.1) is 16.7 Å². The Kier molecular flexibility index (Phi) is 5.18.